The number of fused-ring (bicyclic) bond motifs is 1. The average Bonchev–Trinajstić information content (AvgIpc) is 3.06. The molecule has 0 unspecified atom stereocenters. The van der Waals surface area contributed by atoms with Crippen LogP contribution in [0.3, 0.4) is 0 Å². The third kappa shape index (κ3) is 3.21. The fourth-order valence-corrected chi connectivity index (χ4v) is 3.64. The highest BCUT2D eigenvalue weighted by molar-refractivity contribution is 9.10. The number of hydrazone groups is 1. The zero-order valence-electron chi connectivity index (χ0n) is 11.8. The van der Waals surface area contributed by atoms with Crippen LogP contribution in [0.15, 0.2) is 59.9 Å². The van der Waals surface area contributed by atoms with Gasteiger partial charge in [-0.15, -0.1) is 4.40 Å². The van der Waals surface area contributed by atoms with Gasteiger partial charge in [-0.3, -0.25) is 0 Å². The number of aliphatic hydroxyl groups excluding tert-OH is 1. The maximum atomic E-state index is 12.1. The van der Waals surface area contributed by atoms with Crippen LogP contribution in [0.5, 0.6) is 0 Å². The van der Waals surface area contributed by atoms with Gasteiger partial charge in [-0.05, 0) is 40.2 Å². The Balaban J connectivity index is 1.97. The summed E-state index contributed by atoms with van der Waals surface area (Å²) in [5.41, 5.74) is 0.457. The maximum absolute atomic E-state index is 12.1. The summed E-state index contributed by atoms with van der Waals surface area (Å²) in [7, 11) is -3.74. The molecule has 0 spiro atoms. The molecule has 120 valence electrons. The lowest BCUT2D eigenvalue weighted by Crippen LogP contribution is -2.28. The van der Waals surface area contributed by atoms with E-state index in [1.165, 1.54) is 17.3 Å². The van der Waals surface area contributed by atoms with E-state index in [1.54, 1.807) is 30.3 Å². The first kappa shape index (κ1) is 15.9. The summed E-state index contributed by atoms with van der Waals surface area (Å²) in [5.74, 6) is 0.658. The van der Waals surface area contributed by atoms with Crippen molar-refractivity contribution in [1.29, 1.82) is 0 Å². The van der Waals surface area contributed by atoms with Crippen LogP contribution in [0.4, 0.5) is 0 Å². The van der Waals surface area contributed by atoms with Crippen molar-refractivity contribution in [2.45, 2.75) is 4.90 Å². The van der Waals surface area contributed by atoms with E-state index in [4.69, 9.17) is 4.42 Å². The molecule has 2 heterocycles. The van der Waals surface area contributed by atoms with Gasteiger partial charge in [-0.1, -0.05) is 12.1 Å². The van der Waals surface area contributed by atoms with Gasteiger partial charge in [0.2, 0.25) is 0 Å². The first-order chi connectivity index (χ1) is 11.0. The number of aliphatic hydroxyl groups is 1. The van der Waals surface area contributed by atoms with Crippen molar-refractivity contribution < 1.29 is 17.9 Å². The minimum atomic E-state index is -3.74. The fourth-order valence-electron chi connectivity index (χ4n) is 2.11. The molecular weight excluding hydrogens is 386 g/mol. The summed E-state index contributed by atoms with van der Waals surface area (Å²) in [6.45, 7) is -0.110. The predicted molar refractivity (Wildman–Crippen MR) is 88.0 cm³/mol. The number of rotatable bonds is 4. The minimum Gasteiger partial charge on any atom is -0.448 e. The van der Waals surface area contributed by atoms with Crippen LogP contribution in [0.25, 0.3) is 0 Å². The number of sulfonamides is 1. The largest absolute Gasteiger partial charge is 0.448 e. The van der Waals surface area contributed by atoms with E-state index in [9.17, 15) is 13.5 Å². The van der Waals surface area contributed by atoms with Crippen LogP contribution in [0, 0.1) is 0 Å². The highest BCUT2D eigenvalue weighted by atomic mass is 79.9. The van der Waals surface area contributed by atoms with Gasteiger partial charge in [-0.25, -0.2) is 5.01 Å². The standard InChI is InChI=1S/C14H12BrN3O4S/c15-13-6-5-10(22-13)9-16-18(7-8-19)14-11-3-1-2-4-12(11)23(20,21)17-14/h1-6,9,19H,7-8H2/b16-9-. The summed E-state index contributed by atoms with van der Waals surface area (Å²) < 4.78 is 33.8. The molecule has 1 aliphatic rings. The number of nitrogens with zero attached hydrogens (tertiary/aromatic N) is 3. The molecule has 0 aliphatic carbocycles. The molecule has 7 nitrogen and oxygen atoms in total. The normalized spacial score (nSPS) is 15.7. The van der Waals surface area contributed by atoms with E-state index in [2.05, 4.69) is 25.4 Å². The fraction of sp³-hybridized carbons (Fsp3) is 0.143. The summed E-state index contributed by atoms with van der Waals surface area (Å²) in [5, 5.41) is 14.7. The first-order valence-electron chi connectivity index (χ1n) is 6.63. The minimum absolute atomic E-state index is 0.0983. The van der Waals surface area contributed by atoms with Crippen molar-refractivity contribution in [3.63, 3.8) is 0 Å². The molecule has 23 heavy (non-hydrogen) atoms. The molecule has 0 fully saturated rings. The van der Waals surface area contributed by atoms with Crippen LogP contribution in [0.1, 0.15) is 11.3 Å². The quantitative estimate of drug-likeness (QED) is 0.626. The average molecular weight is 398 g/mol. The molecule has 0 saturated heterocycles. The van der Waals surface area contributed by atoms with Gasteiger partial charge in [-0.2, -0.15) is 13.5 Å². The molecule has 1 N–H and O–H groups in total. The molecule has 2 aromatic rings. The Labute approximate surface area is 141 Å². The van der Waals surface area contributed by atoms with Gasteiger partial charge in [0.1, 0.15) is 10.7 Å². The summed E-state index contributed by atoms with van der Waals surface area (Å²) >= 11 is 3.19. The van der Waals surface area contributed by atoms with Crippen molar-refractivity contribution in [3.8, 4) is 0 Å². The van der Waals surface area contributed by atoms with Gasteiger partial charge < -0.3 is 9.52 Å². The second-order valence-electron chi connectivity index (χ2n) is 4.62. The lowest BCUT2D eigenvalue weighted by molar-refractivity contribution is 0.253. The van der Waals surface area contributed by atoms with Crippen molar-refractivity contribution in [1.82, 2.24) is 5.01 Å². The summed E-state index contributed by atoms with van der Waals surface area (Å²) in [6, 6.07) is 9.92. The molecule has 0 radical (unpaired) electrons. The van der Waals surface area contributed by atoms with Crippen LogP contribution < -0.4 is 0 Å². The van der Waals surface area contributed by atoms with Crippen molar-refractivity contribution in [2.75, 3.05) is 13.2 Å². The number of hydrogen-bond donors (Lipinski definition) is 1. The molecule has 1 aromatic carbocycles. The Hall–Kier alpha value is -1.97. The third-order valence-electron chi connectivity index (χ3n) is 3.09. The Bertz CT molecular complexity index is 889. The van der Waals surface area contributed by atoms with Crippen LogP contribution >= 0.6 is 15.9 Å². The highest BCUT2D eigenvalue weighted by Gasteiger charge is 2.31. The Morgan fingerprint density at radius 3 is 2.78 bits per heavy atom. The molecule has 0 bridgehead atoms. The third-order valence-corrected chi connectivity index (χ3v) is 4.84. The number of benzene rings is 1. The number of amidine groups is 1. The van der Waals surface area contributed by atoms with Gasteiger partial charge >= 0.3 is 0 Å². The SMILES string of the molecule is O=S1(=O)N=C(N(CCO)/N=C\c2ccc(Br)o2)c2ccccc21. The van der Waals surface area contributed by atoms with E-state index in [-0.39, 0.29) is 23.9 Å². The molecule has 9 heteroatoms. The molecule has 1 aromatic heterocycles. The van der Waals surface area contributed by atoms with E-state index >= 15 is 0 Å². The van der Waals surface area contributed by atoms with Crippen molar-refractivity contribution in [3.05, 3.63) is 52.4 Å². The molecule has 0 saturated carbocycles. The second-order valence-corrected chi connectivity index (χ2v) is 6.97. The zero-order chi connectivity index (χ0) is 16.4. The number of furan rings is 1. The smallest absolute Gasteiger partial charge is 0.285 e. The van der Waals surface area contributed by atoms with E-state index in [0.717, 1.165) is 0 Å². The second kappa shape index (κ2) is 6.26. The van der Waals surface area contributed by atoms with Crippen molar-refractivity contribution in [2.24, 2.45) is 9.50 Å². The number of hydrogen-bond acceptors (Lipinski definition) is 6. The van der Waals surface area contributed by atoms with Crippen LogP contribution in [-0.2, 0) is 10.0 Å². The lowest BCUT2D eigenvalue weighted by Gasteiger charge is -2.17. The molecular formula is C14H12BrN3O4S. The summed E-state index contributed by atoms with van der Waals surface area (Å²) in [6.07, 6.45) is 1.43. The Kier molecular flexibility index (Phi) is 4.33. The lowest BCUT2D eigenvalue weighted by atomic mass is 10.2. The molecule has 1 aliphatic heterocycles. The molecule has 0 amide bonds. The van der Waals surface area contributed by atoms with E-state index in [0.29, 0.717) is 16.0 Å². The van der Waals surface area contributed by atoms with E-state index < -0.39 is 10.0 Å². The van der Waals surface area contributed by atoms with Crippen molar-refractivity contribution >= 4 is 38.0 Å². The Morgan fingerprint density at radius 2 is 2.09 bits per heavy atom. The first-order valence-corrected chi connectivity index (χ1v) is 8.86. The zero-order valence-corrected chi connectivity index (χ0v) is 14.2. The Morgan fingerprint density at radius 1 is 1.30 bits per heavy atom. The van der Waals surface area contributed by atoms with Crippen LogP contribution in [0.2, 0.25) is 0 Å². The van der Waals surface area contributed by atoms with Gasteiger partial charge in [0.25, 0.3) is 10.0 Å². The van der Waals surface area contributed by atoms with Gasteiger partial charge in [0.05, 0.1) is 19.4 Å². The predicted octanol–water partition coefficient (Wildman–Crippen LogP) is 1.82. The van der Waals surface area contributed by atoms with E-state index in [1.807, 2.05) is 0 Å². The van der Waals surface area contributed by atoms with Gasteiger partial charge in [0, 0.05) is 5.56 Å². The maximum Gasteiger partial charge on any atom is 0.285 e. The molecule has 3 rings (SSSR count). The number of halogens is 1. The summed E-state index contributed by atoms with van der Waals surface area (Å²) in [4.78, 5) is 0.133. The topological polar surface area (TPSA) is 95.5 Å². The highest BCUT2D eigenvalue weighted by Crippen LogP contribution is 2.27. The molecule has 0 atom stereocenters. The van der Waals surface area contributed by atoms with Gasteiger partial charge in [0.15, 0.2) is 10.5 Å². The monoisotopic (exact) mass is 397 g/mol. The van der Waals surface area contributed by atoms with Crippen LogP contribution in [-0.4, -0.2) is 43.7 Å².